The van der Waals surface area contributed by atoms with Gasteiger partial charge in [-0.25, -0.2) is 0 Å². The molecule has 0 aliphatic heterocycles. The molecule has 10 heavy (non-hydrogen) atoms. The number of hydrogen-bond acceptors (Lipinski definition) is 2. The summed E-state index contributed by atoms with van der Waals surface area (Å²) in [5.74, 6) is 0. The summed E-state index contributed by atoms with van der Waals surface area (Å²) in [5.41, 5.74) is 0. The van der Waals surface area contributed by atoms with E-state index < -0.39 is 0 Å². The van der Waals surface area contributed by atoms with Crippen LogP contribution < -0.4 is 0 Å². The molecule has 0 heterocycles. The van der Waals surface area contributed by atoms with Crippen molar-refractivity contribution in [2.45, 2.75) is 26.2 Å². The number of unbranched alkanes of at least 4 members (excludes halogenated alkanes) is 2. The maximum Gasteiger partial charge on any atom is 0.515 e. The molecule has 0 amide bonds. The minimum absolute atomic E-state index is 0.222. The van der Waals surface area contributed by atoms with E-state index in [1.807, 2.05) is 6.11 Å². The fourth-order valence-corrected chi connectivity index (χ4v) is 0.589. The predicted octanol–water partition coefficient (Wildman–Crippen LogP) is 1.07. The van der Waals surface area contributed by atoms with Crippen LogP contribution in [0.5, 0.6) is 0 Å². The van der Waals surface area contributed by atoms with Gasteiger partial charge in [0.15, 0.2) is 0 Å². The van der Waals surface area contributed by atoms with Crippen LogP contribution in [0.3, 0.4) is 0 Å². The van der Waals surface area contributed by atoms with Gasteiger partial charge in [-0.3, -0.25) is 0 Å². The molecule has 0 bridgehead atoms. The minimum Gasteiger partial charge on any atom is -0.490 e. The molecule has 0 spiro atoms. The van der Waals surface area contributed by atoms with Crippen LogP contribution >= 0.6 is 0 Å². The smallest absolute Gasteiger partial charge is 0.490 e. The Morgan fingerprint density at radius 3 is 2.90 bits per heavy atom. The van der Waals surface area contributed by atoms with Gasteiger partial charge in [-0.1, -0.05) is 26.2 Å². The molecule has 56 valence electrons. The standard InChI is InChI=1S/C7H13BO2/c1-3-5-6-7-10-8-9-4-2/h2,8H,3,5-7H2,1H3. The summed E-state index contributed by atoms with van der Waals surface area (Å²) in [6.07, 6.45) is 10.4. The van der Waals surface area contributed by atoms with Crippen LogP contribution in [0.15, 0.2) is 0 Å². The first-order valence-electron chi connectivity index (χ1n) is 3.57. The Labute approximate surface area is 63.2 Å². The van der Waals surface area contributed by atoms with Gasteiger partial charge < -0.3 is 9.31 Å². The van der Waals surface area contributed by atoms with E-state index in [9.17, 15) is 0 Å². The molecule has 0 aromatic carbocycles. The van der Waals surface area contributed by atoms with Crippen LogP contribution in [0, 0.1) is 12.5 Å². The summed E-state index contributed by atoms with van der Waals surface area (Å²) in [6.45, 7) is 2.90. The molecule has 0 radical (unpaired) electrons. The fourth-order valence-electron chi connectivity index (χ4n) is 0.589. The van der Waals surface area contributed by atoms with Crippen molar-refractivity contribution in [3.05, 3.63) is 0 Å². The highest BCUT2D eigenvalue weighted by Crippen LogP contribution is 1.92. The molecule has 0 atom stereocenters. The second-order valence-corrected chi connectivity index (χ2v) is 2.00. The monoisotopic (exact) mass is 140 g/mol. The lowest BCUT2D eigenvalue weighted by molar-refractivity contribution is 0.272. The van der Waals surface area contributed by atoms with Gasteiger partial charge in [0.2, 0.25) is 0 Å². The largest absolute Gasteiger partial charge is 0.515 e. The molecule has 0 saturated heterocycles. The SMILES string of the molecule is C#COBOCCCCC. The third-order valence-electron chi connectivity index (χ3n) is 1.12. The van der Waals surface area contributed by atoms with Gasteiger partial charge in [-0.2, -0.15) is 0 Å². The van der Waals surface area contributed by atoms with Crippen LogP contribution in [0.25, 0.3) is 0 Å². The molecule has 0 aliphatic rings. The molecule has 0 aliphatic carbocycles. The van der Waals surface area contributed by atoms with Crippen LogP contribution in [0.1, 0.15) is 26.2 Å². The van der Waals surface area contributed by atoms with Crippen molar-refractivity contribution in [2.75, 3.05) is 6.61 Å². The minimum atomic E-state index is 0.222. The predicted molar refractivity (Wildman–Crippen MR) is 42.5 cm³/mol. The van der Waals surface area contributed by atoms with Crippen LogP contribution in [-0.4, -0.2) is 14.3 Å². The normalized spacial score (nSPS) is 8.40. The van der Waals surface area contributed by atoms with E-state index in [2.05, 4.69) is 11.6 Å². The summed E-state index contributed by atoms with van der Waals surface area (Å²) in [7, 11) is 0.222. The van der Waals surface area contributed by atoms with Crippen molar-refractivity contribution in [3.8, 4) is 12.5 Å². The third-order valence-corrected chi connectivity index (χ3v) is 1.12. The molecule has 0 aromatic rings. The van der Waals surface area contributed by atoms with E-state index in [-0.39, 0.29) is 7.69 Å². The quantitative estimate of drug-likeness (QED) is 0.312. The molecule has 0 fully saturated rings. The van der Waals surface area contributed by atoms with Crippen molar-refractivity contribution < 1.29 is 9.31 Å². The second-order valence-electron chi connectivity index (χ2n) is 2.00. The Bertz CT molecular complexity index is 98.3. The van der Waals surface area contributed by atoms with Crippen molar-refractivity contribution in [3.63, 3.8) is 0 Å². The van der Waals surface area contributed by atoms with E-state index >= 15 is 0 Å². The van der Waals surface area contributed by atoms with E-state index in [4.69, 9.17) is 11.1 Å². The van der Waals surface area contributed by atoms with E-state index in [0.717, 1.165) is 13.0 Å². The maximum absolute atomic E-state index is 5.01. The van der Waals surface area contributed by atoms with Gasteiger partial charge in [-0.15, -0.1) is 0 Å². The summed E-state index contributed by atoms with van der Waals surface area (Å²) in [6, 6.07) is 0. The first-order chi connectivity index (χ1) is 4.91. The van der Waals surface area contributed by atoms with Gasteiger partial charge in [-0.05, 0) is 6.42 Å². The Balaban J connectivity index is 2.72. The van der Waals surface area contributed by atoms with Crippen molar-refractivity contribution >= 4 is 7.69 Å². The van der Waals surface area contributed by atoms with Gasteiger partial charge >= 0.3 is 7.69 Å². The highest BCUT2D eigenvalue weighted by atomic mass is 16.6. The molecule has 0 rings (SSSR count). The van der Waals surface area contributed by atoms with E-state index in [1.54, 1.807) is 0 Å². The maximum atomic E-state index is 5.01. The fraction of sp³-hybridized carbons (Fsp3) is 0.714. The summed E-state index contributed by atoms with van der Waals surface area (Å²) < 4.78 is 9.53. The highest BCUT2D eigenvalue weighted by Gasteiger charge is 1.89. The molecule has 3 heteroatoms. The number of terminal acetylenes is 1. The Kier molecular flexibility index (Phi) is 7.87. The molecule has 2 nitrogen and oxygen atoms in total. The van der Waals surface area contributed by atoms with Crippen molar-refractivity contribution in [1.29, 1.82) is 0 Å². The average Bonchev–Trinajstić information content (AvgIpc) is 1.97. The molecule has 0 N–H and O–H groups in total. The molecular weight excluding hydrogens is 127 g/mol. The van der Waals surface area contributed by atoms with Gasteiger partial charge in [0.1, 0.15) is 0 Å². The van der Waals surface area contributed by atoms with Gasteiger partial charge in [0, 0.05) is 6.61 Å². The Morgan fingerprint density at radius 1 is 1.50 bits per heavy atom. The lowest BCUT2D eigenvalue weighted by atomic mass is 10.2. The first-order valence-corrected chi connectivity index (χ1v) is 3.57. The summed E-state index contributed by atoms with van der Waals surface area (Å²) in [4.78, 5) is 0. The molecule has 0 saturated carbocycles. The van der Waals surface area contributed by atoms with E-state index in [1.165, 1.54) is 12.8 Å². The van der Waals surface area contributed by atoms with Crippen molar-refractivity contribution in [2.24, 2.45) is 0 Å². The highest BCUT2D eigenvalue weighted by molar-refractivity contribution is 6.18. The zero-order chi connectivity index (χ0) is 7.66. The zero-order valence-corrected chi connectivity index (χ0v) is 6.43. The van der Waals surface area contributed by atoms with Crippen LogP contribution in [0.2, 0.25) is 0 Å². The Morgan fingerprint density at radius 2 is 2.30 bits per heavy atom. The lowest BCUT2D eigenvalue weighted by Gasteiger charge is -1.98. The summed E-state index contributed by atoms with van der Waals surface area (Å²) >= 11 is 0. The number of hydrogen-bond donors (Lipinski definition) is 0. The van der Waals surface area contributed by atoms with Crippen LogP contribution in [-0.2, 0) is 9.31 Å². The molecular formula is C7H13BO2. The van der Waals surface area contributed by atoms with Crippen molar-refractivity contribution in [1.82, 2.24) is 0 Å². The van der Waals surface area contributed by atoms with Crippen LogP contribution in [0.4, 0.5) is 0 Å². The average molecular weight is 140 g/mol. The third kappa shape index (κ3) is 7.38. The zero-order valence-electron chi connectivity index (χ0n) is 6.43. The second kappa shape index (κ2) is 8.38. The lowest BCUT2D eigenvalue weighted by Crippen LogP contribution is -2.01. The Hall–Kier alpha value is -0.615. The first kappa shape index (κ1) is 9.38. The van der Waals surface area contributed by atoms with Gasteiger partial charge in [0.25, 0.3) is 0 Å². The molecule has 0 aromatic heterocycles. The van der Waals surface area contributed by atoms with E-state index in [0.29, 0.717) is 0 Å². The van der Waals surface area contributed by atoms with Gasteiger partial charge in [0.05, 0.1) is 6.11 Å². The summed E-state index contributed by atoms with van der Waals surface area (Å²) in [5, 5.41) is 0. The molecule has 0 unspecified atom stereocenters. The number of rotatable bonds is 6. The topological polar surface area (TPSA) is 18.5 Å².